The van der Waals surface area contributed by atoms with Crippen molar-refractivity contribution < 1.29 is 9.84 Å². The monoisotopic (exact) mass is 315 g/mol. The summed E-state index contributed by atoms with van der Waals surface area (Å²) in [5.41, 5.74) is 1.09. The van der Waals surface area contributed by atoms with Gasteiger partial charge in [0.2, 0.25) is 0 Å². The highest BCUT2D eigenvalue weighted by molar-refractivity contribution is 9.10. The Morgan fingerprint density at radius 3 is 2.56 bits per heavy atom. The van der Waals surface area contributed by atoms with E-state index >= 15 is 0 Å². The van der Waals surface area contributed by atoms with Crippen LogP contribution in [0, 0.1) is 5.92 Å². The number of methoxy groups -OCH3 is 1. The van der Waals surface area contributed by atoms with Crippen LogP contribution in [0.2, 0.25) is 0 Å². The Bertz CT molecular complexity index is 394. The highest BCUT2D eigenvalue weighted by atomic mass is 79.9. The number of hydrogen-bond acceptors (Lipinski definition) is 3. The second-order valence-electron chi connectivity index (χ2n) is 5.04. The maximum atomic E-state index is 9.73. The molecule has 0 aromatic heterocycles. The molecule has 1 aromatic rings. The predicted molar refractivity (Wildman–Crippen MR) is 78.1 cm³/mol. The Morgan fingerprint density at radius 2 is 2.00 bits per heavy atom. The van der Waals surface area contributed by atoms with Crippen molar-refractivity contribution in [3.05, 3.63) is 22.2 Å². The molecule has 0 amide bonds. The Hall–Kier alpha value is -0.740. The molecule has 0 aliphatic rings. The molecule has 0 aliphatic carbocycles. The van der Waals surface area contributed by atoms with Crippen LogP contribution in [0.5, 0.6) is 11.5 Å². The van der Waals surface area contributed by atoms with Crippen molar-refractivity contribution >= 4 is 15.9 Å². The number of benzene rings is 1. The number of phenols is 1. The Balaban J connectivity index is 2.65. The maximum Gasteiger partial charge on any atom is 0.172 e. The average Bonchev–Trinajstić information content (AvgIpc) is 2.29. The highest BCUT2D eigenvalue weighted by Crippen LogP contribution is 2.35. The van der Waals surface area contributed by atoms with Gasteiger partial charge < -0.3 is 15.2 Å². The Morgan fingerprint density at radius 1 is 1.33 bits per heavy atom. The van der Waals surface area contributed by atoms with Crippen LogP contribution in [0.4, 0.5) is 0 Å². The van der Waals surface area contributed by atoms with E-state index in [-0.39, 0.29) is 5.75 Å². The van der Waals surface area contributed by atoms with Crippen LogP contribution in [-0.2, 0) is 6.54 Å². The van der Waals surface area contributed by atoms with Crippen LogP contribution in [0.15, 0.2) is 16.6 Å². The van der Waals surface area contributed by atoms with E-state index in [2.05, 4.69) is 42.0 Å². The van der Waals surface area contributed by atoms with Gasteiger partial charge in [-0.2, -0.15) is 0 Å². The zero-order valence-corrected chi connectivity index (χ0v) is 13.0. The van der Waals surface area contributed by atoms with Crippen molar-refractivity contribution in [3.63, 3.8) is 0 Å². The first-order valence-corrected chi connectivity index (χ1v) is 7.02. The van der Waals surface area contributed by atoms with Crippen molar-refractivity contribution in [2.24, 2.45) is 5.92 Å². The van der Waals surface area contributed by atoms with Gasteiger partial charge in [-0.3, -0.25) is 0 Å². The Kier molecular flexibility index (Phi) is 5.96. The van der Waals surface area contributed by atoms with E-state index in [1.54, 1.807) is 7.11 Å². The number of halogens is 1. The molecule has 1 aromatic carbocycles. The maximum absolute atomic E-state index is 9.73. The molecule has 0 saturated carbocycles. The van der Waals surface area contributed by atoms with Gasteiger partial charge in [0.25, 0.3) is 0 Å². The SMILES string of the molecule is COc1cc(CNC(C)CC(C)C)cc(Br)c1O. The minimum absolute atomic E-state index is 0.150. The van der Waals surface area contributed by atoms with Crippen LogP contribution in [0.1, 0.15) is 32.8 Å². The van der Waals surface area contributed by atoms with Crippen LogP contribution < -0.4 is 10.1 Å². The molecule has 1 unspecified atom stereocenters. The van der Waals surface area contributed by atoms with Crippen LogP contribution in [0.25, 0.3) is 0 Å². The number of phenolic OH excluding ortho intramolecular Hbond substituents is 1. The lowest BCUT2D eigenvalue weighted by molar-refractivity contribution is 0.370. The van der Waals surface area contributed by atoms with E-state index in [0.717, 1.165) is 18.5 Å². The van der Waals surface area contributed by atoms with Gasteiger partial charge in [-0.25, -0.2) is 0 Å². The van der Waals surface area contributed by atoms with Gasteiger partial charge in [-0.15, -0.1) is 0 Å². The molecule has 0 aliphatic heterocycles. The second-order valence-corrected chi connectivity index (χ2v) is 5.89. The van der Waals surface area contributed by atoms with E-state index in [4.69, 9.17) is 4.74 Å². The first-order valence-electron chi connectivity index (χ1n) is 6.22. The molecule has 2 N–H and O–H groups in total. The summed E-state index contributed by atoms with van der Waals surface area (Å²) in [7, 11) is 1.56. The third-order valence-electron chi connectivity index (χ3n) is 2.79. The van der Waals surface area contributed by atoms with Crippen LogP contribution in [-0.4, -0.2) is 18.3 Å². The number of nitrogens with one attached hydrogen (secondary N) is 1. The van der Waals surface area contributed by atoms with E-state index in [1.165, 1.54) is 0 Å². The molecular formula is C14H22BrNO2. The number of rotatable bonds is 6. The fourth-order valence-corrected chi connectivity index (χ4v) is 2.46. The van der Waals surface area contributed by atoms with Crippen molar-refractivity contribution in [2.75, 3.05) is 7.11 Å². The molecule has 0 saturated heterocycles. The first-order chi connectivity index (χ1) is 8.43. The molecule has 0 radical (unpaired) electrons. The lowest BCUT2D eigenvalue weighted by Crippen LogP contribution is -2.26. The summed E-state index contributed by atoms with van der Waals surface area (Å²) in [5, 5.41) is 13.2. The van der Waals surface area contributed by atoms with Gasteiger partial charge >= 0.3 is 0 Å². The smallest absolute Gasteiger partial charge is 0.172 e. The van der Waals surface area contributed by atoms with Gasteiger partial charge in [0, 0.05) is 12.6 Å². The molecule has 1 rings (SSSR count). The molecule has 102 valence electrons. The molecule has 18 heavy (non-hydrogen) atoms. The van der Waals surface area contributed by atoms with E-state index in [9.17, 15) is 5.11 Å². The third kappa shape index (κ3) is 4.50. The zero-order chi connectivity index (χ0) is 13.7. The van der Waals surface area contributed by atoms with Crippen molar-refractivity contribution in [3.8, 4) is 11.5 Å². The fourth-order valence-electron chi connectivity index (χ4n) is 1.97. The van der Waals surface area contributed by atoms with Gasteiger partial charge in [0.1, 0.15) is 0 Å². The largest absolute Gasteiger partial charge is 0.503 e. The molecule has 3 nitrogen and oxygen atoms in total. The number of aromatic hydroxyl groups is 1. The summed E-state index contributed by atoms with van der Waals surface area (Å²) in [6, 6.07) is 4.24. The van der Waals surface area contributed by atoms with E-state index in [1.807, 2.05) is 12.1 Å². The van der Waals surface area contributed by atoms with E-state index in [0.29, 0.717) is 22.2 Å². The van der Waals surface area contributed by atoms with Crippen molar-refractivity contribution in [1.29, 1.82) is 0 Å². The minimum Gasteiger partial charge on any atom is -0.503 e. The van der Waals surface area contributed by atoms with Gasteiger partial charge in [0.05, 0.1) is 11.6 Å². The Labute approximate surface area is 118 Å². The normalized spacial score (nSPS) is 12.8. The average molecular weight is 316 g/mol. The van der Waals surface area contributed by atoms with E-state index < -0.39 is 0 Å². The molecule has 0 fully saturated rings. The summed E-state index contributed by atoms with van der Waals surface area (Å²) >= 11 is 3.33. The summed E-state index contributed by atoms with van der Waals surface area (Å²) in [6.45, 7) is 7.40. The lowest BCUT2D eigenvalue weighted by Gasteiger charge is -2.16. The number of hydrogen-bond donors (Lipinski definition) is 2. The van der Waals surface area contributed by atoms with Crippen molar-refractivity contribution in [2.45, 2.75) is 39.8 Å². The van der Waals surface area contributed by atoms with Crippen LogP contribution >= 0.6 is 15.9 Å². The molecule has 0 spiro atoms. The lowest BCUT2D eigenvalue weighted by atomic mass is 10.0. The summed E-state index contributed by atoms with van der Waals surface area (Å²) in [5.74, 6) is 1.34. The molecule has 0 heterocycles. The highest BCUT2D eigenvalue weighted by Gasteiger charge is 2.10. The zero-order valence-electron chi connectivity index (χ0n) is 11.5. The molecule has 4 heteroatoms. The van der Waals surface area contributed by atoms with Gasteiger partial charge in [-0.05, 0) is 52.9 Å². The van der Waals surface area contributed by atoms with Crippen LogP contribution in [0.3, 0.4) is 0 Å². The summed E-state index contributed by atoms with van der Waals surface area (Å²) < 4.78 is 5.79. The van der Waals surface area contributed by atoms with Gasteiger partial charge in [-0.1, -0.05) is 13.8 Å². The topological polar surface area (TPSA) is 41.5 Å². The first kappa shape index (κ1) is 15.3. The summed E-state index contributed by atoms with van der Waals surface area (Å²) in [6.07, 6.45) is 1.15. The molecule has 0 bridgehead atoms. The fraction of sp³-hybridized carbons (Fsp3) is 0.571. The number of ether oxygens (including phenoxy) is 1. The summed E-state index contributed by atoms with van der Waals surface area (Å²) in [4.78, 5) is 0. The van der Waals surface area contributed by atoms with Crippen molar-refractivity contribution in [1.82, 2.24) is 5.32 Å². The van der Waals surface area contributed by atoms with Gasteiger partial charge in [0.15, 0.2) is 11.5 Å². The minimum atomic E-state index is 0.150. The predicted octanol–water partition coefficient (Wildman–Crippen LogP) is 3.69. The molecule has 1 atom stereocenters. The second kappa shape index (κ2) is 7.00. The third-order valence-corrected chi connectivity index (χ3v) is 3.39. The molecular weight excluding hydrogens is 294 g/mol. The standard InChI is InChI=1S/C14H22BrNO2/c1-9(2)5-10(3)16-8-11-6-12(15)14(17)13(7-11)18-4/h6-7,9-10,16-17H,5,8H2,1-4H3. The quantitative estimate of drug-likeness (QED) is 0.841.